The molecule has 2 saturated heterocycles. The Morgan fingerprint density at radius 3 is 2.79 bits per heavy atom. The molecule has 19 heavy (non-hydrogen) atoms. The third-order valence-corrected chi connectivity index (χ3v) is 4.09. The van der Waals surface area contributed by atoms with Gasteiger partial charge in [-0.3, -0.25) is 4.90 Å². The molecular formula is C14H16FNO3. The first kappa shape index (κ1) is 12.7. The van der Waals surface area contributed by atoms with E-state index >= 15 is 0 Å². The maximum atomic E-state index is 14.2. The highest BCUT2D eigenvalue weighted by atomic mass is 19.1. The van der Waals surface area contributed by atoms with Gasteiger partial charge in [0.15, 0.2) is 0 Å². The van der Waals surface area contributed by atoms with Crippen LogP contribution in [0, 0.1) is 5.92 Å². The second kappa shape index (κ2) is 5.00. The standard InChI is InChI=1S/C14H16FNO3/c15-13-10(6-17)12-8-19-14(16(12)11(13)7-18)9-4-2-1-3-5-9/h1-5,7,10-14,17H,6,8H2/t10-,11?,12-,13?,14-/m1/s1. The van der Waals surface area contributed by atoms with Gasteiger partial charge in [0.2, 0.25) is 0 Å². The van der Waals surface area contributed by atoms with Crippen LogP contribution in [0.4, 0.5) is 4.39 Å². The minimum Gasteiger partial charge on any atom is -0.396 e. The van der Waals surface area contributed by atoms with Crippen LogP contribution in [0.3, 0.4) is 0 Å². The van der Waals surface area contributed by atoms with Crippen molar-refractivity contribution in [2.24, 2.45) is 5.92 Å². The normalized spacial score (nSPS) is 38.3. The number of hydrogen-bond acceptors (Lipinski definition) is 4. The fraction of sp³-hybridized carbons (Fsp3) is 0.500. The summed E-state index contributed by atoms with van der Waals surface area (Å²) in [5.74, 6) is -0.552. The number of aldehydes is 1. The second-order valence-electron chi connectivity index (χ2n) is 5.03. The number of benzene rings is 1. The summed E-state index contributed by atoms with van der Waals surface area (Å²) in [6.45, 7) is 0.0765. The average Bonchev–Trinajstić information content (AvgIpc) is 2.96. The number of nitrogens with zero attached hydrogens (tertiary/aromatic N) is 1. The maximum Gasteiger partial charge on any atom is 0.140 e. The monoisotopic (exact) mass is 265 g/mol. The highest BCUT2D eigenvalue weighted by molar-refractivity contribution is 5.60. The molecule has 0 amide bonds. The molecule has 0 saturated carbocycles. The molecule has 0 aliphatic carbocycles. The number of aliphatic hydroxyl groups excluding tert-OH is 1. The molecular weight excluding hydrogens is 249 g/mol. The van der Waals surface area contributed by atoms with Gasteiger partial charge in [0.1, 0.15) is 24.7 Å². The van der Waals surface area contributed by atoms with Crippen molar-refractivity contribution in [3.63, 3.8) is 0 Å². The quantitative estimate of drug-likeness (QED) is 0.825. The van der Waals surface area contributed by atoms with Crippen LogP contribution < -0.4 is 0 Å². The molecule has 0 aromatic heterocycles. The molecule has 102 valence electrons. The lowest BCUT2D eigenvalue weighted by molar-refractivity contribution is -0.116. The Morgan fingerprint density at radius 1 is 1.42 bits per heavy atom. The number of halogens is 1. The zero-order chi connectivity index (χ0) is 13.4. The fourth-order valence-corrected chi connectivity index (χ4v) is 3.14. The molecule has 0 radical (unpaired) electrons. The summed E-state index contributed by atoms with van der Waals surface area (Å²) < 4.78 is 19.9. The van der Waals surface area contributed by atoms with Crippen LogP contribution in [0.2, 0.25) is 0 Å². The zero-order valence-corrected chi connectivity index (χ0v) is 10.4. The van der Waals surface area contributed by atoms with Gasteiger partial charge in [-0.2, -0.15) is 0 Å². The lowest BCUT2D eigenvalue weighted by atomic mass is 9.99. The third kappa shape index (κ3) is 1.89. The molecule has 0 spiro atoms. The van der Waals surface area contributed by atoms with Crippen LogP contribution in [0.1, 0.15) is 11.8 Å². The van der Waals surface area contributed by atoms with Gasteiger partial charge in [-0.15, -0.1) is 0 Å². The molecule has 5 atom stereocenters. The Morgan fingerprint density at radius 2 is 2.16 bits per heavy atom. The summed E-state index contributed by atoms with van der Waals surface area (Å²) in [5.41, 5.74) is 0.905. The van der Waals surface area contributed by atoms with E-state index in [0.29, 0.717) is 12.9 Å². The van der Waals surface area contributed by atoms with Gasteiger partial charge in [-0.05, 0) is 5.56 Å². The average molecular weight is 265 g/mol. The molecule has 2 heterocycles. The van der Waals surface area contributed by atoms with Crippen molar-refractivity contribution in [2.45, 2.75) is 24.5 Å². The third-order valence-electron chi connectivity index (χ3n) is 4.09. The minimum atomic E-state index is -1.33. The smallest absolute Gasteiger partial charge is 0.140 e. The largest absolute Gasteiger partial charge is 0.396 e. The van der Waals surface area contributed by atoms with Crippen molar-refractivity contribution in [1.82, 2.24) is 4.90 Å². The van der Waals surface area contributed by atoms with Crippen molar-refractivity contribution in [1.29, 1.82) is 0 Å². The van der Waals surface area contributed by atoms with Crippen molar-refractivity contribution < 1.29 is 19.0 Å². The minimum absolute atomic E-state index is 0.236. The molecule has 2 unspecified atom stereocenters. The van der Waals surface area contributed by atoms with Crippen LogP contribution in [-0.4, -0.2) is 47.8 Å². The number of rotatable bonds is 3. The first-order valence-electron chi connectivity index (χ1n) is 6.42. The van der Waals surface area contributed by atoms with E-state index in [9.17, 15) is 14.3 Å². The summed E-state index contributed by atoms with van der Waals surface area (Å²) >= 11 is 0. The molecule has 2 fully saturated rings. The van der Waals surface area contributed by atoms with Gasteiger partial charge < -0.3 is 14.6 Å². The van der Waals surface area contributed by atoms with Crippen molar-refractivity contribution >= 4 is 6.29 Å². The summed E-state index contributed by atoms with van der Waals surface area (Å²) in [4.78, 5) is 12.9. The first-order chi connectivity index (χ1) is 9.27. The molecule has 5 heteroatoms. The van der Waals surface area contributed by atoms with Crippen LogP contribution in [0.25, 0.3) is 0 Å². The highest BCUT2D eigenvalue weighted by Gasteiger charge is 2.55. The molecule has 2 aliphatic rings. The predicted octanol–water partition coefficient (Wildman–Crippen LogP) is 0.914. The fourth-order valence-electron chi connectivity index (χ4n) is 3.14. The molecule has 4 nitrogen and oxygen atoms in total. The SMILES string of the molecule is O=CC1C(F)[C@H](CO)[C@H]2CO[C@H](c3ccccc3)N12. The van der Waals surface area contributed by atoms with E-state index in [1.807, 2.05) is 30.3 Å². The molecule has 1 aromatic carbocycles. The predicted molar refractivity (Wildman–Crippen MR) is 66.1 cm³/mol. The second-order valence-corrected chi connectivity index (χ2v) is 5.03. The summed E-state index contributed by atoms with van der Waals surface area (Å²) in [6, 6.07) is 8.38. The molecule has 2 aliphatic heterocycles. The number of carbonyl (C=O) groups excluding carboxylic acids is 1. The zero-order valence-electron chi connectivity index (χ0n) is 10.4. The Labute approximate surface area is 110 Å². The topological polar surface area (TPSA) is 49.8 Å². The van der Waals surface area contributed by atoms with Gasteiger partial charge in [0, 0.05) is 12.0 Å². The summed E-state index contributed by atoms with van der Waals surface area (Å²) in [6.07, 6.45) is -1.11. The number of ether oxygens (including phenoxy) is 1. The molecule has 1 N–H and O–H groups in total. The van der Waals surface area contributed by atoms with Gasteiger partial charge in [-0.1, -0.05) is 30.3 Å². The van der Waals surface area contributed by atoms with Crippen LogP contribution in [-0.2, 0) is 9.53 Å². The Balaban J connectivity index is 1.93. The van der Waals surface area contributed by atoms with E-state index < -0.39 is 24.4 Å². The van der Waals surface area contributed by atoms with Gasteiger partial charge >= 0.3 is 0 Å². The van der Waals surface area contributed by atoms with Crippen LogP contribution in [0.5, 0.6) is 0 Å². The van der Waals surface area contributed by atoms with E-state index in [4.69, 9.17) is 4.74 Å². The lowest BCUT2D eigenvalue weighted by Gasteiger charge is -2.26. The number of alkyl halides is 1. The van der Waals surface area contributed by atoms with Crippen LogP contribution in [0.15, 0.2) is 30.3 Å². The van der Waals surface area contributed by atoms with E-state index in [-0.39, 0.29) is 12.6 Å². The van der Waals surface area contributed by atoms with E-state index in [1.165, 1.54) is 0 Å². The van der Waals surface area contributed by atoms with Gasteiger partial charge in [0.25, 0.3) is 0 Å². The van der Waals surface area contributed by atoms with E-state index in [1.54, 1.807) is 4.90 Å². The summed E-state index contributed by atoms with van der Waals surface area (Å²) in [5, 5.41) is 9.32. The maximum absolute atomic E-state index is 14.2. The van der Waals surface area contributed by atoms with E-state index in [0.717, 1.165) is 5.56 Å². The Hall–Kier alpha value is -1.30. The molecule has 0 bridgehead atoms. The lowest BCUT2D eigenvalue weighted by Crippen LogP contribution is -2.38. The number of hydrogen-bond donors (Lipinski definition) is 1. The first-order valence-corrected chi connectivity index (χ1v) is 6.42. The van der Waals surface area contributed by atoms with E-state index in [2.05, 4.69) is 0 Å². The van der Waals surface area contributed by atoms with Gasteiger partial charge in [0.05, 0.1) is 13.2 Å². The van der Waals surface area contributed by atoms with Crippen molar-refractivity contribution in [3.8, 4) is 0 Å². The van der Waals surface area contributed by atoms with Crippen molar-refractivity contribution in [2.75, 3.05) is 13.2 Å². The summed E-state index contributed by atoms with van der Waals surface area (Å²) in [7, 11) is 0. The number of carbonyl (C=O) groups is 1. The van der Waals surface area contributed by atoms with Crippen LogP contribution >= 0.6 is 0 Å². The number of fused-ring (bicyclic) bond motifs is 1. The highest BCUT2D eigenvalue weighted by Crippen LogP contribution is 2.43. The molecule has 1 aromatic rings. The number of aliphatic hydroxyl groups is 1. The Bertz CT molecular complexity index is 455. The molecule has 3 rings (SSSR count). The van der Waals surface area contributed by atoms with Crippen molar-refractivity contribution in [3.05, 3.63) is 35.9 Å². The van der Waals surface area contributed by atoms with Gasteiger partial charge in [-0.25, -0.2) is 4.39 Å². The Kier molecular flexibility index (Phi) is 3.35.